The molecular formula is C21H32N2O. The van der Waals surface area contributed by atoms with E-state index in [1.807, 2.05) is 0 Å². The molecule has 1 heterocycles. The number of amides is 1. The van der Waals surface area contributed by atoms with Crippen molar-refractivity contribution in [1.82, 2.24) is 4.90 Å². The summed E-state index contributed by atoms with van der Waals surface area (Å²) in [5.41, 5.74) is 4.60. The second kappa shape index (κ2) is 7.69. The van der Waals surface area contributed by atoms with Crippen molar-refractivity contribution >= 4 is 11.6 Å². The number of hydrogen-bond acceptors (Lipinski definition) is 2. The predicted octanol–water partition coefficient (Wildman–Crippen LogP) is 4.74. The molecule has 1 saturated carbocycles. The number of anilines is 1. The minimum Gasteiger partial charge on any atom is -0.324 e. The van der Waals surface area contributed by atoms with Gasteiger partial charge in [-0.2, -0.15) is 0 Å². The zero-order valence-electron chi connectivity index (χ0n) is 15.5. The van der Waals surface area contributed by atoms with Crippen LogP contribution in [0.25, 0.3) is 0 Å². The van der Waals surface area contributed by atoms with Crippen LogP contribution in [0.3, 0.4) is 0 Å². The highest BCUT2D eigenvalue weighted by Crippen LogP contribution is 2.30. The van der Waals surface area contributed by atoms with Crippen LogP contribution in [0.5, 0.6) is 0 Å². The van der Waals surface area contributed by atoms with Crippen LogP contribution in [-0.4, -0.2) is 29.4 Å². The molecule has 1 aromatic carbocycles. The van der Waals surface area contributed by atoms with Crippen LogP contribution in [0.15, 0.2) is 12.1 Å². The molecule has 0 bridgehead atoms. The fourth-order valence-electron chi connectivity index (χ4n) is 4.67. The maximum atomic E-state index is 13.1. The van der Waals surface area contributed by atoms with Gasteiger partial charge in [0.25, 0.3) is 0 Å². The molecular weight excluding hydrogens is 296 g/mol. The van der Waals surface area contributed by atoms with Crippen LogP contribution in [0.4, 0.5) is 5.69 Å². The highest BCUT2D eigenvalue weighted by molar-refractivity contribution is 5.96. The molecule has 24 heavy (non-hydrogen) atoms. The molecule has 1 amide bonds. The standard InChI is InChI=1S/C21H32N2O/c1-15-13-16(2)20(17(3)14-15)22-21(24)19-11-7-8-12-23(19)18-9-5-4-6-10-18/h13-14,18-19H,4-12H2,1-3H3,(H,22,24). The van der Waals surface area contributed by atoms with Crippen molar-refractivity contribution in [2.24, 2.45) is 0 Å². The molecule has 3 heteroatoms. The van der Waals surface area contributed by atoms with Crippen LogP contribution >= 0.6 is 0 Å². The summed E-state index contributed by atoms with van der Waals surface area (Å²) in [6.45, 7) is 7.39. The van der Waals surface area contributed by atoms with E-state index in [0.29, 0.717) is 6.04 Å². The van der Waals surface area contributed by atoms with Gasteiger partial charge in [-0.15, -0.1) is 0 Å². The number of carbonyl (C=O) groups excluding carboxylic acids is 1. The Morgan fingerprint density at radius 2 is 1.58 bits per heavy atom. The highest BCUT2D eigenvalue weighted by Gasteiger charge is 2.34. The van der Waals surface area contributed by atoms with Crippen LogP contribution in [0.2, 0.25) is 0 Å². The van der Waals surface area contributed by atoms with Gasteiger partial charge in [0.1, 0.15) is 0 Å². The van der Waals surface area contributed by atoms with Gasteiger partial charge < -0.3 is 5.32 Å². The molecule has 0 radical (unpaired) electrons. The number of nitrogens with one attached hydrogen (secondary N) is 1. The molecule has 1 aliphatic carbocycles. The molecule has 132 valence electrons. The number of rotatable bonds is 3. The SMILES string of the molecule is Cc1cc(C)c(NC(=O)C2CCCCN2C2CCCCC2)c(C)c1. The summed E-state index contributed by atoms with van der Waals surface area (Å²) in [6, 6.07) is 4.99. The van der Waals surface area contributed by atoms with Crippen LogP contribution in [0.1, 0.15) is 68.1 Å². The molecule has 1 saturated heterocycles. The van der Waals surface area contributed by atoms with Crippen LogP contribution in [-0.2, 0) is 4.79 Å². The van der Waals surface area contributed by atoms with E-state index in [-0.39, 0.29) is 11.9 Å². The second-order valence-electron chi connectivity index (χ2n) is 7.80. The first-order chi connectivity index (χ1) is 11.6. The maximum absolute atomic E-state index is 13.1. The van der Waals surface area contributed by atoms with Crippen molar-refractivity contribution in [2.45, 2.75) is 84.2 Å². The lowest BCUT2D eigenvalue weighted by molar-refractivity contribution is -0.124. The van der Waals surface area contributed by atoms with E-state index in [1.165, 1.54) is 61.6 Å². The third-order valence-corrected chi connectivity index (χ3v) is 5.82. The topological polar surface area (TPSA) is 32.3 Å². The van der Waals surface area contributed by atoms with Crippen molar-refractivity contribution in [3.63, 3.8) is 0 Å². The monoisotopic (exact) mass is 328 g/mol. The second-order valence-corrected chi connectivity index (χ2v) is 7.80. The van der Waals surface area contributed by atoms with E-state index < -0.39 is 0 Å². The van der Waals surface area contributed by atoms with E-state index in [4.69, 9.17) is 0 Å². The van der Waals surface area contributed by atoms with E-state index >= 15 is 0 Å². The Morgan fingerprint density at radius 3 is 2.25 bits per heavy atom. The molecule has 0 spiro atoms. The number of aryl methyl sites for hydroxylation is 3. The number of likely N-dealkylation sites (tertiary alicyclic amines) is 1. The molecule has 1 atom stereocenters. The van der Waals surface area contributed by atoms with Gasteiger partial charge in [0, 0.05) is 11.7 Å². The van der Waals surface area contributed by atoms with E-state index in [1.54, 1.807) is 0 Å². The van der Waals surface area contributed by atoms with Crippen molar-refractivity contribution in [1.29, 1.82) is 0 Å². The van der Waals surface area contributed by atoms with Gasteiger partial charge in [0.2, 0.25) is 5.91 Å². The van der Waals surface area contributed by atoms with Gasteiger partial charge in [-0.1, -0.05) is 43.4 Å². The number of carbonyl (C=O) groups is 1. The van der Waals surface area contributed by atoms with Gasteiger partial charge in [-0.3, -0.25) is 9.69 Å². The lowest BCUT2D eigenvalue weighted by Gasteiger charge is -2.42. The van der Waals surface area contributed by atoms with Gasteiger partial charge in [0.15, 0.2) is 0 Å². The lowest BCUT2D eigenvalue weighted by Crippen LogP contribution is -2.52. The minimum absolute atomic E-state index is 0.0574. The average Bonchev–Trinajstić information content (AvgIpc) is 2.58. The van der Waals surface area contributed by atoms with Crippen LogP contribution < -0.4 is 5.32 Å². The normalized spacial score (nSPS) is 23.2. The summed E-state index contributed by atoms with van der Waals surface area (Å²) in [5, 5.41) is 3.26. The number of nitrogens with zero attached hydrogens (tertiary/aromatic N) is 1. The van der Waals surface area contributed by atoms with E-state index in [0.717, 1.165) is 18.7 Å². The fraction of sp³-hybridized carbons (Fsp3) is 0.667. The molecule has 1 unspecified atom stereocenters. The first kappa shape index (κ1) is 17.5. The lowest BCUT2D eigenvalue weighted by atomic mass is 9.90. The predicted molar refractivity (Wildman–Crippen MR) is 101 cm³/mol. The summed E-state index contributed by atoms with van der Waals surface area (Å²) in [5.74, 6) is 0.204. The van der Waals surface area contributed by atoms with E-state index in [9.17, 15) is 4.79 Å². The Balaban J connectivity index is 1.74. The smallest absolute Gasteiger partial charge is 0.241 e. The summed E-state index contributed by atoms with van der Waals surface area (Å²) in [7, 11) is 0. The van der Waals surface area contributed by atoms with Gasteiger partial charge in [0.05, 0.1) is 6.04 Å². The summed E-state index contributed by atoms with van der Waals surface area (Å²) in [6.07, 6.45) is 9.97. The Kier molecular flexibility index (Phi) is 5.60. The van der Waals surface area contributed by atoms with Gasteiger partial charge >= 0.3 is 0 Å². The largest absolute Gasteiger partial charge is 0.324 e. The molecule has 1 aliphatic heterocycles. The van der Waals surface area contributed by atoms with Crippen LogP contribution in [0, 0.1) is 20.8 Å². The Hall–Kier alpha value is -1.35. The average molecular weight is 329 g/mol. The molecule has 2 aliphatic rings. The van der Waals surface area contributed by atoms with Crippen molar-refractivity contribution in [2.75, 3.05) is 11.9 Å². The fourth-order valence-corrected chi connectivity index (χ4v) is 4.67. The third-order valence-electron chi connectivity index (χ3n) is 5.82. The van der Waals surface area contributed by atoms with Crippen molar-refractivity contribution in [3.05, 3.63) is 28.8 Å². The molecule has 1 aromatic rings. The van der Waals surface area contributed by atoms with Gasteiger partial charge in [-0.05, 0) is 64.1 Å². The molecule has 3 rings (SSSR count). The zero-order chi connectivity index (χ0) is 17.1. The Bertz CT molecular complexity index is 566. The quantitative estimate of drug-likeness (QED) is 0.869. The van der Waals surface area contributed by atoms with Gasteiger partial charge in [-0.25, -0.2) is 0 Å². The zero-order valence-corrected chi connectivity index (χ0v) is 15.5. The minimum atomic E-state index is 0.0574. The molecule has 1 N–H and O–H groups in total. The van der Waals surface area contributed by atoms with Crippen molar-refractivity contribution < 1.29 is 4.79 Å². The molecule has 3 nitrogen and oxygen atoms in total. The van der Waals surface area contributed by atoms with Crippen molar-refractivity contribution in [3.8, 4) is 0 Å². The first-order valence-electron chi connectivity index (χ1n) is 9.70. The van der Waals surface area contributed by atoms with E-state index in [2.05, 4.69) is 43.1 Å². The Labute approximate surface area is 146 Å². The number of hydrogen-bond donors (Lipinski definition) is 1. The first-order valence-corrected chi connectivity index (χ1v) is 9.70. The Morgan fingerprint density at radius 1 is 0.958 bits per heavy atom. The summed E-state index contributed by atoms with van der Waals surface area (Å²) >= 11 is 0. The maximum Gasteiger partial charge on any atom is 0.241 e. The summed E-state index contributed by atoms with van der Waals surface area (Å²) in [4.78, 5) is 15.6. The third kappa shape index (κ3) is 3.83. The number of benzene rings is 1. The molecule has 0 aromatic heterocycles. The highest BCUT2D eigenvalue weighted by atomic mass is 16.2. The summed E-state index contributed by atoms with van der Waals surface area (Å²) < 4.78 is 0. The number of piperidine rings is 1. The molecule has 2 fully saturated rings.